The zero-order chi connectivity index (χ0) is 13.0. The molecule has 0 spiro atoms. The number of benzene rings is 1. The van der Waals surface area contributed by atoms with Crippen LogP contribution < -0.4 is 0 Å². The monoisotopic (exact) mass is 256 g/mol. The first-order chi connectivity index (χ1) is 7.97. The Morgan fingerprint density at radius 1 is 1.11 bits per heavy atom. The second-order valence-electron chi connectivity index (χ2n) is 3.09. The van der Waals surface area contributed by atoms with Crippen LogP contribution in [0.4, 0.5) is 0 Å². The highest BCUT2D eigenvalue weighted by Gasteiger charge is 2.19. The van der Waals surface area contributed by atoms with Crippen LogP contribution in [0.3, 0.4) is 0 Å². The van der Waals surface area contributed by atoms with E-state index < -0.39 is 17.9 Å². The van der Waals surface area contributed by atoms with Crippen LogP contribution in [0.5, 0.6) is 0 Å². The number of hydrogen-bond acceptors (Lipinski definition) is 4. The predicted octanol–water partition coefficient (Wildman–Crippen LogP) is 0.435. The SMILES string of the molecule is CCOC(=O)c1ccc(C(=O)O)cc1C(=O)O.O. The van der Waals surface area contributed by atoms with E-state index >= 15 is 0 Å². The van der Waals surface area contributed by atoms with Crippen LogP contribution in [-0.2, 0) is 4.74 Å². The molecule has 0 atom stereocenters. The molecular weight excluding hydrogens is 244 g/mol. The summed E-state index contributed by atoms with van der Waals surface area (Å²) in [5.41, 5.74) is -0.747. The van der Waals surface area contributed by atoms with Gasteiger partial charge in [-0.15, -0.1) is 0 Å². The molecule has 0 amide bonds. The van der Waals surface area contributed by atoms with Gasteiger partial charge in [0.05, 0.1) is 23.3 Å². The van der Waals surface area contributed by atoms with Gasteiger partial charge in [0.1, 0.15) is 0 Å². The van der Waals surface area contributed by atoms with Crippen molar-refractivity contribution in [1.82, 2.24) is 0 Å². The fraction of sp³-hybridized carbons (Fsp3) is 0.182. The van der Waals surface area contributed by atoms with Gasteiger partial charge in [0, 0.05) is 0 Å². The minimum Gasteiger partial charge on any atom is -0.478 e. The summed E-state index contributed by atoms with van der Waals surface area (Å²) in [6.45, 7) is 1.70. The molecule has 0 bridgehead atoms. The highest BCUT2D eigenvalue weighted by atomic mass is 16.5. The lowest BCUT2D eigenvalue weighted by Crippen LogP contribution is -2.13. The Bertz CT molecular complexity index is 478. The number of ether oxygens (including phenoxy) is 1. The minimum atomic E-state index is -1.38. The van der Waals surface area contributed by atoms with Crippen molar-refractivity contribution in [3.05, 3.63) is 34.9 Å². The van der Waals surface area contributed by atoms with Gasteiger partial charge >= 0.3 is 17.9 Å². The van der Waals surface area contributed by atoms with Gasteiger partial charge in [0.15, 0.2) is 0 Å². The van der Waals surface area contributed by atoms with Crippen LogP contribution in [0.25, 0.3) is 0 Å². The number of hydrogen-bond donors (Lipinski definition) is 2. The maximum Gasteiger partial charge on any atom is 0.338 e. The predicted molar refractivity (Wildman–Crippen MR) is 59.9 cm³/mol. The Labute approximate surface area is 102 Å². The van der Waals surface area contributed by atoms with E-state index in [0.29, 0.717) is 0 Å². The first-order valence-corrected chi connectivity index (χ1v) is 4.75. The van der Waals surface area contributed by atoms with E-state index in [1.165, 1.54) is 0 Å². The molecular formula is C11H12O7. The van der Waals surface area contributed by atoms with Crippen molar-refractivity contribution in [3.8, 4) is 0 Å². The summed E-state index contributed by atoms with van der Waals surface area (Å²) < 4.78 is 4.67. The largest absolute Gasteiger partial charge is 0.478 e. The molecule has 1 aromatic rings. The fourth-order valence-corrected chi connectivity index (χ4v) is 1.24. The average Bonchev–Trinajstić information content (AvgIpc) is 2.28. The Hall–Kier alpha value is -2.41. The Morgan fingerprint density at radius 2 is 1.72 bits per heavy atom. The molecule has 7 heteroatoms. The zero-order valence-corrected chi connectivity index (χ0v) is 9.47. The van der Waals surface area contributed by atoms with Crippen LogP contribution in [0.2, 0.25) is 0 Å². The lowest BCUT2D eigenvalue weighted by Gasteiger charge is -2.06. The minimum absolute atomic E-state index is 0. The molecule has 0 unspecified atom stereocenters. The van der Waals surface area contributed by atoms with Crippen LogP contribution >= 0.6 is 0 Å². The molecule has 4 N–H and O–H groups in total. The van der Waals surface area contributed by atoms with E-state index in [1.54, 1.807) is 6.92 Å². The molecule has 1 rings (SSSR count). The van der Waals surface area contributed by atoms with Crippen molar-refractivity contribution in [3.63, 3.8) is 0 Å². The van der Waals surface area contributed by atoms with Crippen molar-refractivity contribution in [1.29, 1.82) is 0 Å². The molecule has 7 nitrogen and oxygen atoms in total. The van der Waals surface area contributed by atoms with Crippen molar-refractivity contribution >= 4 is 17.9 Å². The van der Waals surface area contributed by atoms with Crippen LogP contribution in [0.1, 0.15) is 38.0 Å². The number of aromatic carboxylic acids is 2. The molecule has 1 aromatic carbocycles. The molecule has 0 aliphatic heterocycles. The van der Waals surface area contributed by atoms with E-state index in [4.69, 9.17) is 10.2 Å². The topological polar surface area (TPSA) is 132 Å². The van der Waals surface area contributed by atoms with Gasteiger partial charge in [-0.2, -0.15) is 0 Å². The lowest BCUT2D eigenvalue weighted by molar-refractivity contribution is 0.0513. The second kappa shape index (κ2) is 6.36. The smallest absolute Gasteiger partial charge is 0.338 e. The van der Waals surface area contributed by atoms with Gasteiger partial charge < -0.3 is 20.4 Å². The summed E-state index contributed by atoms with van der Waals surface area (Å²) in [4.78, 5) is 33.0. The Kier molecular flexibility index (Phi) is 5.50. The van der Waals surface area contributed by atoms with Crippen LogP contribution in [0.15, 0.2) is 18.2 Å². The van der Waals surface area contributed by atoms with Crippen LogP contribution in [-0.4, -0.2) is 40.2 Å². The van der Waals surface area contributed by atoms with Crippen LogP contribution in [0, 0.1) is 0 Å². The second-order valence-corrected chi connectivity index (χ2v) is 3.09. The number of esters is 1. The Balaban J connectivity index is 0.00000289. The number of carboxylic acid groups (broad SMARTS) is 2. The number of carbonyl (C=O) groups is 3. The first kappa shape index (κ1) is 15.6. The summed E-state index contributed by atoms with van der Waals surface area (Å²) in [6, 6.07) is 3.21. The zero-order valence-electron chi connectivity index (χ0n) is 9.47. The molecule has 0 heterocycles. The third-order valence-corrected chi connectivity index (χ3v) is 1.99. The summed E-state index contributed by atoms with van der Waals surface area (Å²) in [5.74, 6) is -3.43. The van der Waals surface area contributed by atoms with E-state index in [1.807, 2.05) is 0 Å². The Morgan fingerprint density at radius 3 is 2.17 bits per heavy atom. The third-order valence-electron chi connectivity index (χ3n) is 1.99. The molecule has 0 fully saturated rings. The van der Waals surface area contributed by atoms with E-state index in [0.717, 1.165) is 18.2 Å². The van der Waals surface area contributed by atoms with E-state index in [2.05, 4.69) is 4.74 Å². The maximum atomic E-state index is 11.4. The molecule has 0 saturated heterocycles. The summed E-state index contributed by atoms with van der Waals surface area (Å²) in [6.07, 6.45) is 0. The lowest BCUT2D eigenvalue weighted by atomic mass is 10.0. The number of rotatable bonds is 4. The highest BCUT2D eigenvalue weighted by molar-refractivity contribution is 6.04. The van der Waals surface area contributed by atoms with E-state index in [9.17, 15) is 14.4 Å². The summed E-state index contributed by atoms with van der Waals surface area (Å²) in [5, 5.41) is 17.6. The molecule has 0 saturated carbocycles. The molecule has 0 radical (unpaired) electrons. The summed E-state index contributed by atoms with van der Waals surface area (Å²) in [7, 11) is 0. The van der Waals surface area contributed by atoms with E-state index in [-0.39, 0.29) is 28.8 Å². The molecule has 0 aliphatic rings. The van der Waals surface area contributed by atoms with Crippen molar-refractivity contribution < 1.29 is 34.8 Å². The quantitative estimate of drug-likeness (QED) is 0.750. The van der Waals surface area contributed by atoms with Gasteiger partial charge in [-0.05, 0) is 25.1 Å². The molecule has 0 aromatic heterocycles. The van der Waals surface area contributed by atoms with Gasteiger partial charge in [-0.1, -0.05) is 0 Å². The van der Waals surface area contributed by atoms with Gasteiger partial charge in [0.25, 0.3) is 0 Å². The fourth-order valence-electron chi connectivity index (χ4n) is 1.24. The summed E-state index contributed by atoms with van der Waals surface area (Å²) >= 11 is 0. The first-order valence-electron chi connectivity index (χ1n) is 4.75. The van der Waals surface area contributed by atoms with Crippen molar-refractivity contribution in [2.75, 3.05) is 6.61 Å². The van der Waals surface area contributed by atoms with Gasteiger partial charge in [0.2, 0.25) is 0 Å². The highest BCUT2D eigenvalue weighted by Crippen LogP contribution is 2.14. The maximum absolute atomic E-state index is 11.4. The third kappa shape index (κ3) is 3.29. The molecule has 98 valence electrons. The van der Waals surface area contributed by atoms with Gasteiger partial charge in [-0.3, -0.25) is 0 Å². The van der Waals surface area contributed by atoms with Gasteiger partial charge in [-0.25, -0.2) is 14.4 Å². The normalized spacial score (nSPS) is 9.17. The molecule has 18 heavy (non-hydrogen) atoms. The number of carbonyl (C=O) groups excluding carboxylic acids is 1. The number of carboxylic acids is 2. The van der Waals surface area contributed by atoms with Crippen molar-refractivity contribution in [2.45, 2.75) is 6.92 Å². The van der Waals surface area contributed by atoms with Crippen molar-refractivity contribution in [2.24, 2.45) is 0 Å². The average molecular weight is 256 g/mol. The molecule has 0 aliphatic carbocycles. The standard InChI is InChI=1S/C11H10O6.H2O/c1-2-17-11(16)7-4-3-6(9(12)13)5-8(7)10(14)15;/h3-5H,2H2,1H3,(H,12,13)(H,14,15);1H2.